The number of aryl methyl sites for hydroxylation is 1. The summed E-state index contributed by atoms with van der Waals surface area (Å²) in [6.07, 6.45) is -2.31. The molecule has 0 bridgehead atoms. The van der Waals surface area contributed by atoms with E-state index in [0.717, 1.165) is 0 Å². The molecule has 1 saturated carbocycles. The molecule has 0 spiro atoms. The zero-order chi connectivity index (χ0) is 24.7. The van der Waals surface area contributed by atoms with Gasteiger partial charge in [0.05, 0.1) is 23.5 Å². The number of hydrogen-bond donors (Lipinski definition) is 5. The van der Waals surface area contributed by atoms with Gasteiger partial charge >= 0.3 is 0 Å². The normalized spacial score (nSPS) is 23.9. The molecule has 9 heteroatoms. The molecule has 0 aliphatic heterocycles. The molecule has 4 atom stereocenters. The van der Waals surface area contributed by atoms with Gasteiger partial charge in [-0.1, -0.05) is 0 Å². The van der Waals surface area contributed by atoms with Crippen molar-refractivity contribution in [1.29, 1.82) is 0 Å². The smallest absolute Gasteiger partial charge is 0.257 e. The third-order valence-corrected chi connectivity index (χ3v) is 6.64. The molecule has 1 fully saturated rings. The summed E-state index contributed by atoms with van der Waals surface area (Å²) in [5, 5.41) is 36.1. The van der Waals surface area contributed by atoms with E-state index in [2.05, 4.69) is 10.6 Å². The summed E-state index contributed by atoms with van der Waals surface area (Å²) < 4.78 is 15.1. The number of carbonyl (C=O) groups is 2. The van der Waals surface area contributed by atoms with Crippen molar-refractivity contribution in [2.45, 2.75) is 70.9 Å². The molecule has 0 saturated heterocycles. The van der Waals surface area contributed by atoms with Gasteiger partial charge in [-0.3, -0.25) is 14.9 Å². The SMILES string of the molecule is Cc1cc(NC(=O)c2c(C)c(C(=O)C(O)NC3(C)CC[C@H](O)[C@H](O)C3)n(C)c2C)ccc1F. The van der Waals surface area contributed by atoms with Crippen LogP contribution in [0.15, 0.2) is 18.2 Å². The van der Waals surface area contributed by atoms with E-state index in [1.807, 2.05) is 0 Å². The molecule has 2 aromatic rings. The predicted molar refractivity (Wildman–Crippen MR) is 122 cm³/mol. The molecule has 5 N–H and O–H groups in total. The standard InChI is InChI=1S/C24H32FN3O5/c1-12-10-15(6-7-16(12)25)26-22(32)19-13(2)20(28(5)14(19)3)21(31)23(33)27-24(4)9-8-17(29)18(30)11-24/h6-7,10,17-18,23,27,29-30,33H,8-9,11H2,1-5H3,(H,26,32)/t17-,18+,23?,24?/m0/s1. The van der Waals surface area contributed by atoms with Crippen molar-refractivity contribution in [3.8, 4) is 0 Å². The number of carbonyl (C=O) groups excluding carboxylic acids is 2. The number of anilines is 1. The van der Waals surface area contributed by atoms with Crippen LogP contribution in [0.3, 0.4) is 0 Å². The van der Waals surface area contributed by atoms with Crippen molar-refractivity contribution >= 4 is 17.4 Å². The highest BCUT2D eigenvalue weighted by molar-refractivity contribution is 6.09. The van der Waals surface area contributed by atoms with E-state index in [9.17, 15) is 29.3 Å². The Kier molecular flexibility index (Phi) is 7.09. The number of halogens is 1. The quantitative estimate of drug-likeness (QED) is 0.332. The number of nitrogens with zero attached hydrogens (tertiary/aromatic N) is 1. The first kappa shape index (κ1) is 25.0. The first-order valence-electron chi connectivity index (χ1n) is 10.9. The highest BCUT2D eigenvalue weighted by Gasteiger charge is 2.39. The van der Waals surface area contributed by atoms with Crippen molar-refractivity contribution in [2.75, 3.05) is 5.32 Å². The largest absolute Gasteiger partial charge is 0.390 e. The monoisotopic (exact) mass is 461 g/mol. The van der Waals surface area contributed by atoms with Crippen LogP contribution < -0.4 is 10.6 Å². The zero-order valence-electron chi connectivity index (χ0n) is 19.6. The first-order chi connectivity index (χ1) is 15.3. The molecule has 0 radical (unpaired) electrons. The lowest BCUT2D eigenvalue weighted by Crippen LogP contribution is -2.56. The van der Waals surface area contributed by atoms with Gasteiger partial charge in [0.2, 0.25) is 5.78 Å². The second-order valence-electron chi connectivity index (χ2n) is 9.26. The van der Waals surface area contributed by atoms with E-state index in [0.29, 0.717) is 40.9 Å². The molecule has 8 nitrogen and oxygen atoms in total. The van der Waals surface area contributed by atoms with E-state index < -0.39 is 35.7 Å². The summed E-state index contributed by atoms with van der Waals surface area (Å²) in [4.78, 5) is 26.1. The van der Waals surface area contributed by atoms with Crippen LogP contribution >= 0.6 is 0 Å². The van der Waals surface area contributed by atoms with Crippen molar-refractivity contribution in [2.24, 2.45) is 7.05 Å². The number of hydrogen-bond acceptors (Lipinski definition) is 6. The minimum absolute atomic E-state index is 0.188. The lowest BCUT2D eigenvalue weighted by atomic mass is 9.80. The second kappa shape index (κ2) is 9.34. The molecule has 33 heavy (non-hydrogen) atoms. The first-order valence-corrected chi connectivity index (χ1v) is 10.9. The van der Waals surface area contributed by atoms with E-state index in [1.54, 1.807) is 39.3 Å². The maximum absolute atomic E-state index is 13.5. The Morgan fingerprint density at radius 2 is 1.88 bits per heavy atom. The second-order valence-corrected chi connectivity index (χ2v) is 9.26. The molecular formula is C24H32FN3O5. The molecule has 180 valence electrons. The molecule has 1 aliphatic rings. The Labute approximate surface area is 192 Å². The molecule has 1 amide bonds. The molecular weight excluding hydrogens is 429 g/mol. The number of benzene rings is 1. The average Bonchev–Trinajstić information content (AvgIpc) is 2.95. The lowest BCUT2D eigenvalue weighted by molar-refractivity contribution is -0.0449. The summed E-state index contributed by atoms with van der Waals surface area (Å²) in [6, 6.07) is 4.26. The summed E-state index contributed by atoms with van der Waals surface area (Å²) in [5.41, 5.74) is 1.55. The van der Waals surface area contributed by atoms with Crippen molar-refractivity contribution in [1.82, 2.24) is 9.88 Å². The van der Waals surface area contributed by atoms with Gasteiger partial charge in [0, 0.05) is 24.0 Å². The predicted octanol–water partition coefficient (Wildman–Crippen LogP) is 2.10. The van der Waals surface area contributed by atoms with Crippen LogP contribution in [-0.2, 0) is 7.05 Å². The molecule has 1 aromatic carbocycles. The molecule has 1 aliphatic carbocycles. The highest BCUT2D eigenvalue weighted by atomic mass is 19.1. The number of amides is 1. The topological polar surface area (TPSA) is 124 Å². The van der Waals surface area contributed by atoms with E-state index >= 15 is 0 Å². The van der Waals surface area contributed by atoms with Gasteiger partial charge in [-0.2, -0.15) is 0 Å². The molecule has 1 aromatic heterocycles. The van der Waals surface area contributed by atoms with Crippen LogP contribution in [0.2, 0.25) is 0 Å². The van der Waals surface area contributed by atoms with Crippen LogP contribution in [0, 0.1) is 26.6 Å². The van der Waals surface area contributed by atoms with Gasteiger partial charge < -0.3 is 25.2 Å². The number of ketones is 1. The molecule has 3 rings (SSSR count). The zero-order valence-corrected chi connectivity index (χ0v) is 19.6. The number of nitrogens with one attached hydrogen (secondary N) is 2. The number of rotatable bonds is 6. The van der Waals surface area contributed by atoms with Gasteiger partial charge in [0.25, 0.3) is 5.91 Å². The summed E-state index contributed by atoms with van der Waals surface area (Å²) in [7, 11) is 1.64. The third kappa shape index (κ3) is 5.01. The Balaban J connectivity index is 1.82. The average molecular weight is 462 g/mol. The number of aliphatic hydroxyl groups excluding tert-OH is 3. The van der Waals surface area contributed by atoms with Crippen LogP contribution in [0.1, 0.15) is 63.9 Å². The fourth-order valence-corrected chi connectivity index (χ4v) is 4.59. The van der Waals surface area contributed by atoms with Crippen LogP contribution in [-0.4, -0.2) is 55.6 Å². The maximum Gasteiger partial charge on any atom is 0.257 e. The Hall–Kier alpha value is -2.59. The van der Waals surface area contributed by atoms with Crippen molar-refractivity contribution in [3.05, 3.63) is 52.1 Å². The minimum Gasteiger partial charge on any atom is -0.390 e. The van der Waals surface area contributed by atoms with Crippen molar-refractivity contribution < 1.29 is 29.3 Å². The molecule has 1 heterocycles. The lowest BCUT2D eigenvalue weighted by Gasteiger charge is -2.40. The third-order valence-electron chi connectivity index (χ3n) is 6.64. The fraction of sp³-hybridized carbons (Fsp3) is 0.500. The molecule has 2 unspecified atom stereocenters. The number of aliphatic hydroxyl groups is 3. The van der Waals surface area contributed by atoms with E-state index in [4.69, 9.17) is 0 Å². The Morgan fingerprint density at radius 3 is 2.48 bits per heavy atom. The van der Waals surface area contributed by atoms with Crippen LogP contribution in [0.25, 0.3) is 0 Å². The number of Topliss-reactive ketones (excluding diaryl/α,β-unsaturated/α-hetero) is 1. The van der Waals surface area contributed by atoms with Crippen molar-refractivity contribution in [3.63, 3.8) is 0 Å². The number of aromatic nitrogens is 1. The van der Waals surface area contributed by atoms with Gasteiger partial charge in [0.1, 0.15) is 5.82 Å². The summed E-state index contributed by atoms with van der Waals surface area (Å²) in [6.45, 7) is 6.72. The maximum atomic E-state index is 13.5. The van der Waals surface area contributed by atoms with E-state index in [1.165, 1.54) is 18.2 Å². The Morgan fingerprint density at radius 1 is 1.21 bits per heavy atom. The van der Waals surface area contributed by atoms with Crippen LogP contribution in [0.4, 0.5) is 10.1 Å². The van der Waals surface area contributed by atoms with Gasteiger partial charge in [-0.15, -0.1) is 0 Å². The Bertz CT molecular complexity index is 1080. The van der Waals surface area contributed by atoms with E-state index in [-0.39, 0.29) is 17.9 Å². The van der Waals surface area contributed by atoms with Gasteiger partial charge in [-0.25, -0.2) is 4.39 Å². The van der Waals surface area contributed by atoms with Crippen LogP contribution in [0.5, 0.6) is 0 Å². The van der Waals surface area contributed by atoms with Gasteiger partial charge in [-0.05, 0) is 76.3 Å². The highest BCUT2D eigenvalue weighted by Crippen LogP contribution is 2.30. The van der Waals surface area contributed by atoms with Gasteiger partial charge in [0.15, 0.2) is 6.23 Å². The summed E-state index contributed by atoms with van der Waals surface area (Å²) >= 11 is 0. The minimum atomic E-state index is -1.56. The fourth-order valence-electron chi connectivity index (χ4n) is 4.59. The summed E-state index contributed by atoms with van der Waals surface area (Å²) in [5.74, 6) is -1.41.